The molecule has 2 heterocycles. The van der Waals surface area contributed by atoms with Crippen LogP contribution in [-0.2, 0) is 6.54 Å². The lowest BCUT2D eigenvalue weighted by molar-refractivity contribution is 0.102. The highest BCUT2D eigenvalue weighted by Crippen LogP contribution is 2.20. The van der Waals surface area contributed by atoms with Crippen LogP contribution in [-0.4, -0.2) is 20.7 Å². The van der Waals surface area contributed by atoms with Crippen molar-refractivity contribution in [1.82, 2.24) is 14.8 Å². The van der Waals surface area contributed by atoms with E-state index in [2.05, 4.69) is 15.4 Å². The summed E-state index contributed by atoms with van der Waals surface area (Å²) in [6.45, 7) is 4.33. The number of rotatable bonds is 4. The molecule has 0 saturated heterocycles. The van der Waals surface area contributed by atoms with E-state index in [0.29, 0.717) is 23.5 Å². The van der Waals surface area contributed by atoms with Crippen molar-refractivity contribution in [2.75, 3.05) is 5.32 Å². The maximum Gasteiger partial charge on any atom is 0.257 e. The predicted molar refractivity (Wildman–Crippen MR) is 107 cm³/mol. The highest BCUT2D eigenvalue weighted by Gasteiger charge is 2.13. The highest BCUT2D eigenvalue weighted by molar-refractivity contribution is 6.06. The molecular formula is C22H19FN4O. The third kappa shape index (κ3) is 3.62. The van der Waals surface area contributed by atoms with Crippen molar-refractivity contribution >= 4 is 22.5 Å². The van der Waals surface area contributed by atoms with Gasteiger partial charge in [0.2, 0.25) is 0 Å². The summed E-state index contributed by atoms with van der Waals surface area (Å²) >= 11 is 0. The van der Waals surface area contributed by atoms with Crippen LogP contribution in [0.4, 0.5) is 10.1 Å². The number of aryl methyl sites for hydroxylation is 2. The zero-order valence-electron chi connectivity index (χ0n) is 15.6. The molecule has 1 amide bonds. The lowest BCUT2D eigenvalue weighted by atomic mass is 10.1. The molecule has 0 spiro atoms. The fourth-order valence-electron chi connectivity index (χ4n) is 3.16. The van der Waals surface area contributed by atoms with Crippen molar-refractivity contribution in [3.05, 3.63) is 89.1 Å². The van der Waals surface area contributed by atoms with Crippen molar-refractivity contribution in [2.24, 2.45) is 0 Å². The molecule has 2 aromatic carbocycles. The first kappa shape index (κ1) is 17.9. The van der Waals surface area contributed by atoms with E-state index in [-0.39, 0.29) is 11.7 Å². The van der Waals surface area contributed by atoms with Crippen LogP contribution in [0.3, 0.4) is 0 Å². The smallest absolute Gasteiger partial charge is 0.257 e. The molecule has 0 unspecified atom stereocenters. The fourth-order valence-corrected chi connectivity index (χ4v) is 3.16. The lowest BCUT2D eigenvalue weighted by Gasteiger charge is -2.09. The van der Waals surface area contributed by atoms with Gasteiger partial charge in [0.25, 0.3) is 5.91 Å². The van der Waals surface area contributed by atoms with Crippen LogP contribution in [0.1, 0.15) is 27.2 Å². The van der Waals surface area contributed by atoms with E-state index in [1.165, 1.54) is 12.1 Å². The van der Waals surface area contributed by atoms with E-state index in [1.807, 2.05) is 38.1 Å². The van der Waals surface area contributed by atoms with Crippen molar-refractivity contribution in [3.8, 4) is 0 Å². The van der Waals surface area contributed by atoms with Crippen molar-refractivity contribution in [1.29, 1.82) is 0 Å². The van der Waals surface area contributed by atoms with E-state index in [0.717, 1.165) is 22.0 Å². The number of halogens is 1. The molecule has 28 heavy (non-hydrogen) atoms. The Bertz CT molecular complexity index is 1170. The molecule has 0 aliphatic carbocycles. The van der Waals surface area contributed by atoms with Crippen LogP contribution >= 0.6 is 0 Å². The molecule has 0 atom stereocenters. The second-order valence-corrected chi connectivity index (χ2v) is 6.78. The molecule has 2 aromatic heterocycles. The Hall–Kier alpha value is -3.54. The predicted octanol–water partition coefficient (Wildman–Crippen LogP) is 4.49. The van der Waals surface area contributed by atoms with Gasteiger partial charge in [-0.15, -0.1) is 0 Å². The number of hydrogen-bond acceptors (Lipinski definition) is 3. The molecule has 0 bridgehead atoms. The first-order valence-electron chi connectivity index (χ1n) is 8.95. The monoisotopic (exact) mass is 374 g/mol. The third-order valence-electron chi connectivity index (χ3n) is 4.63. The molecule has 1 N–H and O–H groups in total. The van der Waals surface area contributed by atoms with Crippen molar-refractivity contribution in [2.45, 2.75) is 20.4 Å². The van der Waals surface area contributed by atoms with Gasteiger partial charge in [-0.05, 0) is 43.2 Å². The normalized spacial score (nSPS) is 11.0. The average molecular weight is 374 g/mol. The van der Waals surface area contributed by atoms with Gasteiger partial charge in [-0.1, -0.05) is 30.3 Å². The number of benzene rings is 2. The Morgan fingerprint density at radius 1 is 1.14 bits per heavy atom. The number of amides is 1. The Morgan fingerprint density at radius 3 is 2.71 bits per heavy atom. The molecule has 4 rings (SSSR count). The second-order valence-electron chi connectivity index (χ2n) is 6.78. The van der Waals surface area contributed by atoms with E-state index < -0.39 is 0 Å². The van der Waals surface area contributed by atoms with Crippen molar-refractivity contribution in [3.63, 3.8) is 0 Å². The van der Waals surface area contributed by atoms with Crippen LogP contribution in [0.2, 0.25) is 0 Å². The Labute approximate surface area is 161 Å². The quantitative estimate of drug-likeness (QED) is 0.573. The van der Waals surface area contributed by atoms with Crippen LogP contribution in [0.5, 0.6) is 0 Å². The Morgan fingerprint density at radius 2 is 1.93 bits per heavy atom. The number of carbonyl (C=O) groups is 1. The topological polar surface area (TPSA) is 59.8 Å². The molecule has 0 saturated carbocycles. The molecule has 0 radical (unpaired) electrons. The Kier molecular flexibility index (Phi) is 4.61. The van der Waals surface area contributed by atoms with Gasteiger partial charge in [0.05, 0.1) is 35.2 Å². The molecule has 140 valence electrons. The largest absolute Gasteiger partial charge is 0.319 e. The van der Waals surface area contributed by atoms with Crippen LogP contribution in [0.25, 0.3) is 10.9 Å². The summed E-state index contributed by atoms with van der Waals surface area (Å²) in [5.74, 6) is -0.499. The summed E-state index contributed by atoms with van der Waals surface area (Å²) in [5, 5.41) is 8.06. The van der Waals surface area contributed by atoms with Crippen LogP contribution in [0.15, 0.2) is 60.9 Å². The van der Waals surface area contributed by atoms with Gasteiger partial charge < -0.3 is 5.32 Å². The van der Waals surface area contributed by atoms with Gasteiger partial charge >= 0.3 is 0 Å². The zero-order valence-corrected chi connectivity index (χ0v) is 15.6. The van der Waals surface area contributed by atoms with Crippen molar-refractivity contribution < 1.29 is 9.18 Å². The summed E-state index contributed by atoms with van der Waals surface area (Å²) in [6, 6.07) is 14.0. The van der Waals surface area contributed by atoms with E-state index >= 15 is 0 Å². The standard InChI is InChI=1S/C22H19FN4O/c1-14-4-3-5-17-10-20(15(2)25-21(14)17)22(28)26-19-11-24-27(13-19)12-16-6-8-18(23)9-7-16/h3-11,13H,12H2,1-2H3,(H,26,28). The number of fused-ring (bicyclic) bond motifs is 1. The average Bonchev–Trinajstić information content (AvgIpc) is 3.10. The molecule has 0 aliphatic rings. The first-order chi connectivity index (χ1) is 13.5. The minimum Gasteiger partial charge on any atom is -0.319 e. The van der Waals surface area contributed by atoms with E-state index in [9.17, 15) is 9.18 Å². The number of carbonyl (C=O) groups excluding carboxylic acids is 1. The van der Waals surface area contributed by atoms with Gasteiger partial charge in [0, 0.05) is 11.6 Å². The second kappa shape index (κ2) is 7.23. The minimum atomic E-state index is -0.272. The van der Waals surface area contributed by atoms with E-state index in [1.54, 1.807) is 29.2 Å². The van der Waals surface area contributed by atoms with Crippen LogP contribution < -0.4 is 5.32 Å². The third-order valence-corrected chi connectivity index (χ3v) is 4.63. The number of aromatic nitrogens is 3. The van der Waals surface area contributed by atoms with Gasteiger partial charge in [0.15, 0.2) is 0 Å². The molecular weight excluding hydrogens is 355 g/mol. The summed E-state index contributed by atoms with van der Waals surface area (Å²) in [6.07, 6.45) is 3.34. The maximum absolute atomic E-state index is 13.0. The maximum atomic E-state index is 13.0. The molecule has 6 heteroatoms. The zero-order chi connectivity index (χ0) is 19.7. The molecule has 0 aliphatic heterocycles. The van der Waals surface area contributed by atoms with Crippen LogP contribution in [0, 0.1) is 19.7 Å². The van der Waals surface area contributed by atoms with Gasteiger partial charge in [-0.3, -0.25) is 14.5 Å². The summed E-state index contributed by atoms with van der Waals surface area (Å²) < 4.78 is 14.7. The SMILES string of the molecule is Cc1nc2c(C)cccc2cc1C(=O)Nc1cnn(Cc2ccc(F)cc2)c1. The number of anilines is 1. The first-order valence-corrected chi connectivity index (χ1v) is 8.95. The van der Waals surface area contributed by atoms with Gasteiger partial charge in [-0.2, -0.15) is 5.10 Å². The van der Waals surface area contributed by atoms with Gasteiger partial charge in [0.1, 0.15) is 5.82 Å². The summed E-state index contributed by atoms with van der Waals surface area (Å²) in [4.78, 5) is 17.3. The number of pyridine rings is 1. The minimum absolute atomic E-state index is 0.227. The lowest BCUT2D eigenvalue weighted by Crippen LogP contribution is -2.14. The highest BCUT2D eigenvalue weighted by atomic mass is 19.1. The number of para-hydroxylation sites is 1. The molecule has 0 fully saturated rings. The van der Waals surface area contributed by atoms with E-state index in [4.69, 9.17) is 0 Å². The number of nitrogens with one attached hydrogen (secondary N) is 1. The summed E-state index contributed by atoms with van der Waals surface area (Å²) in [7, 11) is 0. The summed E-state index contributed by atoms with van der Waals surface area (Å²) in [5.41, 5.74) is 4.71. The number of hydrogen-bond donors (Lipinski definition) is 1. The fraction of sp³-hybridized carbons (Fsp3) is 0.136. The molecule has 4 aromatic rings. The number of nitrogens with zero attached hydrogens (tertiary/aromatic N) is 3. The Balaban J connectivity index is 1.52. The van der Waals surface area contributed by atoms with Gasteiger partial charge in [-0.25, -0.2) is 4.39 Å². The molecule has 5 nitrogen and oxygen atoms in total.